The number of thiazole rings is 1. The number of hydrogen-bond donors (Lipinski definition) is 0. The van der Waals surface area contributed by atoms with Gasteiger partial charge >= 0.3 is 0 Å². The summed E-state index contributed by atoms with van der Waals surface area (Å²) in [5, 5.41) is 0. The molecule has 2 aromatic heterocycles. The summed E-state index contributed by atoms with van der Waals surface area (Å²) in [5.41, 5.74) is 6.18. The van der Waals surface area contributed by atoms with Crippen LogP contribution in [0.5, 0.6) is 0 Å². The number of aryl methyl sites for hydroxylation is 4. The summed E-state index contributed by atoms with van der Waals surface area (Å²) in [7, 11) is -3.80. The number of sulfonamides is 1. The molecule has 1 aliphatic carbocycles. The Morgan fingerprint density at radius 3 is 2.55 bits per heavy atom. The molecule has 4 aromatic rings. The number of nitrogens with zero attached hydrogens (tertiary/aromatic N) is 3. The van der Waals surface area contributed by atoms with E-state index in [1.165, 1.54) is 45.9 Å². The third kappa shape index (κ3) is 3.88. The van der Waals surface area contributed by atoms with Gasteiger partial charge in [-0.1, -0.05) is 48.1 Å². The van der Waals surface area contributed by atoms with Gasteiger partial charge in [0, 0.05) is 10.4 Å². The molecule has 31 heavy (non-hydrogen) atoms. The van der Waals surface area contributed by atoms with Gasteiger partial charge in [-0.25, -0.2) is 3.79 Å². The van der Waals surface area contributed by atoms with Crippen molar-refractivity contribution >= 4 is 37.9 Å². The molecular formula is C23H23N3O2S3. The second kappa shape index (κ2) is 8.00. The van der Waals surface area contributed by atoms with E-state index in [0.717, 1.165) is 35.5 Å². The first-order valence-corrected chi connectivity index (χ1v) is 13.5. The summed E-state index contributed by atoms with van der Waals surface area (Å²) in [6.07, 6.45) is 5.69. The van der Waals surface area contributed by atoms with Crippen molar-refractivity contribution in [1.29, 1.82) is 0 Å². The molecule has 0 spiro atoms. The largest absolute Gasteiger partial charge is 0.285 e. The Kier molecular flexibility index (Phi) is 5.32. The Morgan fingerprint density at radius 1 is 1.06 bits per heavy atom. The molecule has 8 heteroatoms. The average Bonchev–Trinajstić information content (AvgIpc) is 3.29. The van der Waals surface area contributed by atoms with Crippen LogP contribution in [0.1, 0.15) is 41.3 Å². The molecule has 0 radical (unpaired) electrons. The first-order valence-electron chi connectivity index (χ1n) is 10.5. The fourth-order valence-electron chi connectivity index (χ4n) is 4.05. The number of fused-ring (bicyclic) bond motifs is 2. The fourth-order valence-corrected chi connectivity index (χ4v) is 7.34. The molecule has 5 rings (SSSR count). The van der Waals surface area contributed by atoms with Crippen LogP contribution in [0, 0.1) is 6.92 Å². The molecule has 0 saturated carbocycles. The number of rotatable bonds is 4. The van der Waals surface area contributed by atoms with Gasteiger partial charge in [0.1, 0.15) is 0 Å². The molecule has 0 saturated heterocycles. The van der Waals surface area contributed by atoms with Crippen LogP contribution < -0.4 is 4.80 Å². The van der Waals surface area contributed by atoms with Crippen LogP contribution in [0.3, 0.4) is 0 Å². The average molecular weight is 470 g/mol. The van der Waals surface area contributed by atoms with E-state index in [4.69, 9.17) is 0 Å². The van der Waals surface area contributed by atoms with Crippen LogP contribution in [-0.2, 0) is 29.3 Å². The molecule has 0 N–H and O–H groups in total. The van der Waals surface area contributed by atoms with Crippen molar-refractivity contribution in [3.8, 4) is 11.3 Å². The van der Waals surface area contributed by atoms with E-state index in [1.54, 1.807) is 35.6 Å². The van der Waals surface area contributed by atoms with E-state index >= 15 is 0 Å². The summed E-state index contributed by atoms with van der Waals surface area (Å²) >= 11 is 2.90. The second-order valence-corrected chi connectivity index (χ2v) is 11.4. The molecule has 5 nitrogen and oxygen atoms in total. The highest BCUT2D eigenvalue weighted by Gasteiger charge is 2.19. The van der Waals surface area contributed by atoms with Gasteiger partial charge < -0.3 is 0 Å². The normalized spacial score (nSPS) is 14.8. The van der Waals surface area contributed by atoms with Crippen molar-refractivity contribution in [3.05, 3.63) is 68.8 Å². The van der Waals surface area contributed by atoms with E-state index in [-0.39, 0.29) is 9.70 Å². The molecule has 0 aliphatic heterocycles. The SMILES string of the molecule is CCc1sc2n/c(=N\S(=O)(=O)c3ccc(C)cc3)sn2c1-c1ccc2c(c1)CCCC2. The van der Waals surface area contributed by atoms with Crippen molar-refractivity contribution < 1.29 is 8.42 Å². The summed E-state index contributed by atoms with van der Waals surface area (Å²) in [4.78, 5) is 7.02. The summed E-state index contributed by atoms with van der Waals surface area (Å²) in [6.45, 7) is 4.07. The Morgan fingerprint density at radius 2 is 1.81 bits per heavy atom. The van der Waals surface area contributed by atoms with Crippen molar-refractivity contribution in [2.45, 2.75) is 50.8 Å². The van der Waals surface area contributed by atoms with Crippen LogP contribution in [0.4, 0.5) is 0 Å². The summed E-state index contributed by atoms with van der Waals surface area (Å²) < 4.78 is 31.6. The Hall–Kier alpha value is -2.29. The van der Waals surface area contributed by atoms with Crippen LogP contribution in [0.15, 0.2) is 51.8 Å². The van der Waals surface area contributed by atoms with E-state index in [1.807, 2.05) is 10.7 Å². The van der Waals surface area contributed by atoms with Crippen molar-refractivity contribution in [2.75, 3.05) is 0 Å². The topological polar surface area (TPSA) is 63.8 Å². The van der Waals surface area contributed by atoms with Crippen LogP contribution in [-0.4, -0.2) is 17.2 Å². The fraction of sp³-hybridized carbons (Fsp3) is 0.304. The lowest BCUT2D eigenvalue weighted by Crippen LogP contribution is -2.06. The molecule has 0 unspecified atom stereocenters. The van der Waals surface area contributed by atoms with Crippen LogP contribution >= 0.6 is 22.9 Å². The van der Waals surface area contributed by atoms with Gasteiger partial charge in [0.15, 0.2) is 0 Å². The minimum absolute atomic E-state index is 0.186. The summed E-state index contributed by atoms with van der Waals surface area (Å²) in [5.74, 6) is 0. The van der Waals surface area contributed by atoms with E-state index in [0.29, 0.717) is 0 Å². The van der Waals surface area contributed by atoms with E-state index < -0.39 is 10.0 Å². The number of benzene rings is 2. The van der Waals surface area contributed by atoms with Gasteiger partial charge in [-0.15, -0.1) is 4.40 Å². The number of aromatic nitrogens is 2. The van der Waals surface area contributed by atoms with E-state index in [2.05, 4.69) is 34.5 Å². The molecule has 0 fully saturated rings. The molecule has 0 bridgehead atoms. The second-order valence-electron chi connectivity index (χ2n) is 7.86. The van der Waals surface area contributed by atoms with Gasteiger partial charge in [-0.3, -0.25) is 0 Å². The maximum Gasteiger partial charge on any atom is 0.285 e. The third-order valence-electron chi connectivity index (χ3n) is 5.68. The Labute approximate surface area is 190 Å². The lowest BCUT2D eigenvalue weighted by atomic mass is 9.90. The molecular weight excluding hydrogens is 446 g/mol. The molecule has 1 aliphatic rings. The highest BCUT2D eigenvalue weighted by Crippen LogP contribution is 2.34. The highest BCUT2D eigenvalue weighted by atomic mass is 32.2. The van der Waals surface area contributed by atoms with Crippen molar-refractivity contribution in [1.82, 2.24) is 8.77 Å². The predicted octanol–water partition coefficient (Wildman–Crippen LogP) is 5.16. The van der Waals surface area contributed by atoms with Crippen molar-refractivity contribution in [3.63, 3.8) is 0 Å². The lowest BCUT2D eigenvalue weighted by molar-refractivity contribution is 0.596. The summed E-state index contributed by atoms with van der Waals surface area (Å²) in [6, 6.07) is 13.5. The first kappa shape index (κ1) is 20.6. The quantitative estimate of drug-likeness (QED) is 0.414. The maximum atomic E-state index is 12.7. The Balaban J connectivity index is 1.62. The van der Waals surface area contributed by atoms with Gasteiger partial charge in [0.05, 0.1) is 10.6 Å². The molecule has 2 aromatic carbocycles. The van der Waals surface area contributed by atoms with Gasteiger partial charge in [0.2, 0.25) is 9.76 Å². The monoisotopic (exact) mass is 469 g/mol. The van der Waals surface area contributed by atoms with Gasteiger partial charge in [-0.2, -0.15) is 13.4 Å². The standard InChI is InChI=1S/C23H23N3O2S3/c1-3-20-21(18-11-10-16-6-4-5-7-17(16)14-18)26-23(29-20)24-22(30-26)25-31(27,28)19-12-8-15(2)9-13-19/h8-14H,3-7H2,1-2H3/b25-22+. The minimum atomic E-state index is -3.80. The first-order chi connectivity index (χ1) is 14.9. The lowest BCUT2D eigenvalue weighted by Gasteiger charge is -2.16. The molecule has 0 atom stereocenters. The Bertz CT molecular complexity index is 1440. The zero-order valence-electron chi connectivity index (χ0n) is 17.5. The minimum Gasteiger partial charge on any atom is -0.236 e. The zero-order chi connectivity index (χ0) is 21.6. The zero-order valence-corrected chi connectivity index (χ0v) is 19.9. The molecule has 160 valence electrons. The third-order valence-corrected chi connectivity index (χ3v) is 9.26. The van der Waals surface area contributed by atoms with Gasteiger partial charge in [-0.05, 0) is 79.9 Å². The molecule has 0 amide bonds. The van der Waals surface area contributed by atoms with Crippen LogP contribution in [0.2, 0.25) is 0 Å². The molecule has 2 heterocycles. The van der Waals surface area contributed by atoms with Gasteiger partial charge in [0.25, 0.3) is 10.0 Å². The van der Waals surface area contributed by atoms with Crippen molar-refractivity contribution in [2.24, 2.45) is 4.40 Å². The number of hydrogen-bond acceptors (Lipinski definition) is 5. The predicted molar refractivity (Wildman–Crippen MR) is 126 cm³/mol. The maximum absolute atomic E-state index is 12.7. The highest BCUT2D eigenvalue weighted by molar-refractivity contribution is 7.90. The smallest absolute Gasteiger partial charge is 0.236 e. The van der Waals surface area contributed by atoms with Crippen LogP contribution in [0.25, 0.3) is 16.2 Å². The van der Waals surface area contributed by atoms with E-state index in [9.17, 15) is 8.42 Å².